The van der Waals surface area contributed by atoms with Gasteiger partial charge in [0.1, 0.15) is 0 Å². The summed E-state index contributed by atoms with van der Waals surface area (Å²) >= 11 is 0. The minimum Gasteiger partial charge on any atom is -0.370 e. The van der Waals surface area contributed by atoms with E-state index in [9.17, 15) is 0 Å². The minimum atomic E-state index is -0.556. The van der Waals surface area contributed by atoms with E-state index in [1.54, 1.807) is 0 Å². The van der Waals surface area contributed by atoms with Crippen molar-refractivity contribution in [3.8, 4) is 0 Å². The van der Waals surface area contributed by atoms with Crippen molar-refractivity contribution in [2.24, 2.45) is 0 Å². The molecule has 0 aromatic rings. The van der Waals surface area contributed by atoms with Gasteiger partial charge in [-0.15, -0.1) is 0 Å². The molecule has 0 bridgehead atoms. The van der Waals surface area contributed by atoms with Gasteiger partial charge in [0.2, 0.25) is 0 Å². The molecule has 0 amide bonds. The van der Waals surface area contributed by atoms with E-state index in [2.05, 4.69) is 36.0 Å². The van der Waals surface area contributed by atoms with Gasteiger partial charge in [-0.25, -0.2) is 0 Å². The zero-order chi connectivity index (χ0) is 13.4. The first-order valence-electron chi connectivity index (χ1n) is 7.18. The third-order valence-electron chi connectivity index (χ3n) is 2.92. The second kappa shape index (κ2) is 9.22. The van der Waals surface area contributed by atoms with Crippen LogP contribution < -0.4 is 0 Å². The van der Waals surface area contributed by atoms with Gasteiger partial charge in [-0.3, -0.25) is 9.80 Å². The van der Waals surface area contributed by atoms with Gasteiger partial charge in [-0.05, 0) is 0 Å². The molecule has 0 aromatic heterocycles. The standard InChI is InChI=1S/C12H30N2O2Si2/c1-17(2)11-15-9-13-5-7-14(8-6-13)10-16-12-18(3)4/h17-18H,5-12H2,1-4H3. The molecule has 108 valence electrons. The lowest BCUT2D eigenvalue weighted by molar-refractivity contribution is -0.0175. The molecular formula is C12H30N2O2Si2. The van der Waals surface area contributed by atoms with Crippen LogP contribution >= 0.6 is 0 Å². The third kappa shape index (κ3) is 7.65. The van der Waals surface area contributed by atoms with Gasteiger partial charge in [-0.1, -0.05) is 26.2 Å². The van der Waals surface area contributed by atoms with Crippen molar-refractivity contribution in [1.29, 1.82) is 0 Å². The molecule has 1 heterocycles. The van der Waals surface area contributed by atoms with Crippen molar-refractivity contribution in [2.75, 3.05) is 52.1 Å². The van der Waals surface area contributed by atoms with Crippen LogP contribution in [0, 0.1) is 0 Å². The van der Waals surface area contributed by atoms with Crippen LogP contribution in [0.1, 0.15) is 0 Å². The highest BCUT2D eigenvalue weighted by molar-refractivity contribution is 6.55. The second-order valence-corrected chi connectivity index (χ2v) is 12.3. The Morgan fingerprint density at radius 3 is 1.33 bits per heavy atom. The largest absolute Gasteiger partial charge is 0.370 e. The van der Waals surface area contributed by atoms with E-state index in [1.165, 1.54) is 0 Å². The van der Waals surface area contributed by atoms with Gasteiger partial charge in [0.05, 0.1) is 31.1 Å². The van der Waals surface area contributed by atoms with E-state index in [4.69, 9.17) is 9.47 Å². The van der Waals surface area contributed by atoms with E-state index in [0.29, 0.717) is 0 Å². The Hall–Kier alpha value is 0.274. The van der Waals surface area contributed by atoms with Crippen LogP contribution in [0.5, 0.6) is 0 Å². The predicted octanol–water partition coefficient (Wildman–Crippen LogP) is 0.604. The maximum Gasteiger partial charge on any atom is 0.0986 e. The zero-order valence-corrected chi connectivity index (χ0v) is 14.8. The fourth-order valence-electron chi connectivity index (χ4n) is 1.88. The number of nitrogens with zero attached hydrogens (tertiary/aromatic N) is 2. The maximum absolute atomic E-state index is 5.73. The zero-order valence-electron chi connectivity index (χ0n) is 12.5. The summed E-state index contributed by atoms with van der Waals surface area (Å²) in [4.78, 5) is 4.81. The van der Waals surface area contributed by atoms with E-state index in [0.717, 1.165) is 52.1 Å². The van der Waals surface area contributed by atoms with Gasteiger partial charge in [0.15, 0.2) is 0 Å². The molecule has 1 fully saturated rings. The molecular weight excluding hydrogens is 260 g/mol. The summed E-state index contributed by atoms with van der Waals surface area (Å²) in [6.45, 7) is 15.4. The van der Waals surface area contributed by atoms with Crippen molar-refractivity contribution < 1.29 is 9.47 Å². The molecule has 0 N–H and O–H groups in total. The van der Waals surface area contributed by atoms with Crippen molar-refractivity contribution in [3.05, 3.63) is 0 Å². The van der Waals surface area contributed by atoms with Gasteiger partial charge < -0.3 is 9.47 Å². The smallest absolute Gasteiger partial charge is 0.0986 e. The number of rotatable bonds is 8. The molecule has 0 saturated carbocycles. The predicted molar refractivity (Wildman–Crippen MR) is 82.5 cm³/mol. The Balaban J connectivity index is 2.02. The van der Waals surface area contributed by atoms with Crippen LogP contribution in [0.15, 0.2) is 0 Å². The molecule has 0 unspecified atom stereocenters. The number of piperazine rings is 1. The van der Waals surface area contributed by atoms with Crippen LogP contribution in [-0.4, -0.2) is 79.5 Å². The third-order valence-corrected chi connectivity index (χ3v) is 4.72. The monoisotopic (exact) mass is 290 g/mol. The van der Waals surface area contributed by atoms with Crippen LogP contribution in [-0.2, 0) is 9.47 Å². The van der Waals surface area contributed by atoms with Crippen LogP contribution in [0.4, 0.5) is 0 Å². The summed E-state index contributed by atoms with van der Waals surface area (Å²) in [6.07, 6.45) is 2.00. The molecule has 1 aliphatic rings. The van der Waals surface area contributed by atoms with Gasteiger partial charge >= 0.3 is 0 Å². The minimum absolute atomic E-state index is 0.556. The van der Waals surface area contributed by atoms with Gasteiger partial charge in [-0.2, -0.15) is 0 Å². The average Bonchev–Trinajstić information content (AvgIpc) is 2.30. The Morgan fingerprint density at radius 1 is 0.722 bits per heavy atom. The van der Waals surface area contributed by atoms with Gasteiger partial charge in [0.25, 0.3) is 0 Å². The lowest BCUT2D eigenvalue weighted by atomic mass is 10.3. The maximum atomic E-state index is 5.73. The highest BCUT2D eigenvalue weighted by Crippen LogP contribution is 2.02. The molecule has 0 atom stereocenters. The first-order chi connectivity index (χ1) is 8.58. The van der Waals surface area contributed by atoms with Crippen molar-refractivity contribution in [1.82, 2.24) is 9.80 Å². The quantitative estimate of drug-likeness (QED) is 0.611. The first-order valence-corrected chi connectivity index (χ1v) is 13.4. The lowest BCUT2D eigenvalue weighted by Gasteiger charge is -2.34. The summed E-state index contributed by atoms with van der Waals surface area (Å²) < 4.78 is 11.5. The molecule has 0 aromatic carbocycles. The van der Waals surface area contributed by atoms with Crippen LogP contribution in [0.3, 0.4) is 0 Å². The summed E-state index contributed by atoms with van der Waals surface area (Å²) in [6, 6.07) is 0. The molecule has 1 rings (SSSR count). The molecule has 4 nitrogen and oxygen atoms in total. The normalized spacial score (nSPS) is 19.0. The summed E-state index contributed by atoms with van der Waals surface area (Å²) in [5.41, 5.74) is 0. The number of ether oxygens (including phenoxy) is 2. The fourth-order valence-corrected chi connectivity index (χ4v) is 3.04. The average molecular weight is 291 g/mol. The summed E-state index contributed by atoms with van der Waals surface area (Å²) in [5, 5.41) is 0. The highest BCUT2D eigenvalue weighted by atomic mass is 28.3. The molecule has 0 spiro atoms. The van der Waals surface area contributed by atoms with Crippen molar-refractivity contribution in [2.45, 2.75) is 26.2 Å². The second-order valence-electron chi connectivity index (χ2n) is 6.02. The molecule has 0 radical (unpaired) electrons. The Kier molecular flexibility index (Phi) is 8.36. The summed E-state index contributed by atoms with van der Waals surface area (Å²) in [7, 11) is -1.11. The summed E-state index contributed by atoms with van der Waals surface area (Å²) in [5.74, 6) is 0. The number of hydrogen-bond donors (Lipinski definition) is 0. The first kappa shape index (κ1) is 16.3. The molecule has 1 aliphatic heterocycles. The highest BCUT2D eigenvalue weighted by Gasteiger charge is 2.16. The molecule has 1 saturated heterocycles. The number of hydrogen-bond acceptors (Lipinski definition) is 4. The van der Waals surface area contributed by atoms with E-state index in [-0.39, 0.29) is 0 Å². The van der Waals surface area contributed by atoms with E-state index >= 15 is 0 Å². The van der Waals surface area contributed by atoms with Crippen molar-refractivity contribution >= 4 is 17.6 Å². The Morgan fingerprint density at radius 2 is 1.06 bits per heavy atom. The van der Waals surface area contributed by atoms with E-state index < -0.39 is 17.6 Å². The Labute approximate surface area is 115 Å². The topological polar surface area (TPSA) is 24.9 Å². The van der Waals surface area contributed by atoms with Crippen molar-refractivity contribution in [3.63, 3.8) is 0 Å². The molecule has 6 heteroatoms. The SMILES string of the molecule is C[SiH](C)COCN1CCN(COC[SiH](C)C)CC1. The Bertz CT molecular complexity index is 188. The molecule has 18 heavy (non-hydrogen) atoms. The van der Waals surface area contributed by atoms with E-state index in [1.807, 2.05) is 0 Å². The van der Waals surface area contributed by atoms with Gasteiger partial charge in [0, 0.05) is 38.6 Å². The lowest BCUT2D eigenvalue weighted by Crippen LogP contribution is -2.48. The van der Waals surface area contributed by atoms with Crippen LogP contribution in [0.2, 0.25) is 26.2 Å². The van der Waals surface area contributed by atoms with Crippen LogP contribution in [0.25, 0.3) is 0 Å². The fraction of sp³-hybridized carbons (Fsp3) is 1.00. The molecule has 0 aliphatic carbocycles.